The molecule has 0 spiro atoms. The Morgan fingerprint density at radius 3 is 2.89 bits per heavy atom. The summed E-state index contributed by atoms with van der Waals surface area (Å²) in [5.41, 5.74) is 0.986. The molecule has 0 aliphatic heterocycles. The van der Waals surface area contributed by atoms with Crippen molar-refractivity contribution >= 4 is 0 Å². The zero-order valence-electron chi connectivity index (χ0n) is 9.97. The van der Waals surface area contributed by atoms with E-state index in [1.54, 1.807) is 6.07 Å². The highest BCUT2D eigenvalue weighted by molar-refractivity contribution is 5.49. The Bertz CT molecular complexity index is 592. The van der Waals surface area contributed by atoms with Crippen molar-refractivity contribution in [1.82, 2.24) is 20.2 Å². The molecule has 1 aliphatic rings. The molecule has 94 valence electrons. The molecule has 0 amide bonds. The van der Waals surface area contributed by atoms with Crippen molar-refractivity contribution in [3.63, 3.8) is 0 Å². The molecule has 0 bridgehead atoms. The number of benzene rings is 1. The second-order valence-corrected chi connectivity index (χ2v) is 4.51. The zero-order chi connectivity index (χ0) is 12.7. The second kappa shape index (κ2) is 4.04. The second-order valence-electron chi connectivity index (χ2n) is 4.51. The van der Waals surface area contributed by atoms with Gasteiger partial charge in [-0.15, -0.1) is 5.10 Å². The number of rotatable bonds is 3. The van der Waals surface area contributed by atoms with Gasteiger partial charge in [-0.3, -0.25) is 0 Å². The van der Waals surface area contributed by atoms with Crippen LogP contribution in [0.1, 0.15) is 37.1 Å². The zero-order valence-corrected chi connectivity index (χ0v) is 9.97. The van der Waals surface area contributed by atoms with Crippen molar-refractivity contribution in [2.45, 2.75) is 32.1 Å². The van der Waals surface area contributed by atoms with Crippen LogP contribution in [0, 0.1) is 5.82 Å². The highest BCUT2D eigenvalue weighted by atomic mass is 19.1. The minimum absolute atomic E-state index is 0.140. The molecule has 1 aliphatic carbocycles. The van der Waals surface area contributed by atoms with E-state index in [2.05, 4.69) is 15.5 Å². The summed E-state index contributed by atoms with van der Waals surface area (Å²) in [6.07, 6.45) is 2.67. The van der Waals surface area contributed by atoms with Gasteiger partial charge in [0.2, 0.25) is 0 Å². The van der Waals surface area contributed by atoms with E-state index < -0.39 is 5.82 Å². The summed E-state index contributed by atoms with van der Waals surface area (Å²) in [6.45, 7) is 1.86. The molecule has 1 aromatic carbocycles. The Kier molecular flexibility index (Phi) is 2.50. The molecule has 1 aromatic heterocycles. The predicted octanol–water partition coefficient (Wildman–Crippen LogP) is 1.95. The van der Waals surface area contributed by atoms with E-state index in [1.807, 2.05) is 6.92 Å². The van der Waals surface area contributed by atoms with Gasteiger partial charge in [-0.05, 0) is 41.3 Å². The quantitative estimate of drug-likeness (QED) is 0.901. The smallest absolute Gasteiger partial charge is 0.159 e. The number of aromatic hydroxyl groups is 1. The van der Waals surface area contributed by atoms with Crippen molar-refractivity contribution in [3.8, 4) is 11.4 Å². The van der Waals surface area contributed by atoms with Gasteiger partial charge < -0.3 is 5.11 Å². The Balaban J connectivity index is 2.12. The van der Waals surface area contributed by atoms with Crippen LogP contribution in [0.5, 0.6) is 5.75 Å². The number of hydrogen-bond donors (Lipinski definition) is 1. The molecule has 5 nitrogen and oxygen atoms in total. The first kappa shape index (κ1) is 11.1. The topological polar surface area (TPSA) is 63.8 Å². The lowest BCUT2D eigenvalue weighted by Crippen LogP contribution is -2.04. The first-order valence-electron chi connectivity index (χ1n) is 6.00. The number of tetrazole rings is 1. The summed E-state index contributed by atoms with van der Waals surface area (Å²) in [7, 11) is 0. The first-order valence-corrected chi connectivity index (χ1v) is 6.00. The van der Waals surface area contributed by atoms with Crippen molar-refractivity contribution in [2.24, 2.45) is 0 Å². The maximum absolute atomic E-state index is 13.5. The fourth-order valence-electron chi connectivity index (χ4n) is 2.00. The highest BCUT2D eigenvalue weighted by Crippen LogP contribution is 2.40. The molecule has 18 heavy (non-hydrogen) atoms. The van der Waals surface area contributed by atoms with Crippen LogP contribution in [0.2, 0.25) is 0 Å². The molecule has 1 heterocycles. The minimum Gasteiger partial charge on any atom is -0.506 e. The van der Waals surface area contributed by atoms with Crippen molar-refractivity contribution in [1.29, 1.82) is 0 Å². The molecule has 0 radical (unpaired) electrons. The summed E-state index contributed by atoms with van der Waals surface area (Å²) < 4.78 is 15.0. The van der Waals surface area contributed by atoms with Crippen LogP contribution in [0.15, 0.2) is 12.1 Å². The van der Waals surface area contributed by atoms with Gasteiger partial charge in [0.1, 0.15) is 17.3 Å². The third-order valence-corrected chi connectivity index (χ3v) is 3.19. The first-order chi connectivity index (χ1) is 8.70. The van der Waals surface area contributed by atoms with E-state index in [-0.39, 0.29) is 5.75 Å². The molecule has 3 rings (SSSR count). The van der Waals surface area contributed by atoms with Gasteiger partial charge in [0, 0.05) is 12.0 Å². The number of aromatic nitrogens is 4. The number of phenolic OH excluding ortho intramolecular Hbond substituents is 1. The van der Waals surface area contributed by atoms with E-state index in [1.165, 1.54) is 4.68 Å². The molecular formula is C12H13FN4O. The number of phenols is 1. The van der Waals surface area contributed by atoms with Gasteiger partial charge in [-0.1, -0.05) is 6.92 Å². The van der Waals surface area contributed by atoms with E-state index in [4.69, 9.17) is 0 Å². The van der Waals surface area contributed by atoms with Gasteiger partial charge in [0.05, 0.1) is 0 Å². The van der Waals surface area contributed by atoms with Crippen LogP contribution in [-0.4, -0.2) is 25.3 Å². The third kappa shape index (κ3) is 1.73. The molecule has 1 fully saturated rings. The lowest BCUT2D eigenvalue weighted by Gasteiger charge is -2.09. The van der Waals surface area contributed by atoms with E-state index >= 15 is 0 Å². The molecule has 0 unspecified atom stereocenters. The lowest BCUT2D eigenvalue weighted by molar-refractivity contribution is 0.461. The maximum Gasteiger partial charge on any atom is 0.159 e. The van der Waals surface area contributed by atoms with Crippen LogP contribution in [0.4, 0.5) is 4.39 Å². The maximum atomic E-state index is 13.5. The SMILES string of the molecule is CCc1cc(-n2nnnc2C2CC2)c(O)cc1F. The van der Waals surface area contributed by atoms with Crippen LogP contribution >= 0.6 is 0 Å². The monoisotopic (exact) mass is 248 g/mol. The van der Waals surface area contributed by atoms with Crippen molar-refractivity contribution < 1.29 is 9.50 Å². The Hall–Kier alpha value is -1.98. The van der Waals surface area contributed by atoms with E-state index in [0.29, 0.717) is 23.6 Å². The molecule has 2 aromatic rings. The molecule has 0 atom stereocenters. The molecule has 1 N–H and O–H groups in total. The van der Waals surface area contributed by atoms with Gasteiger partial charge in [0.15, 0.2) is 5.82 Å². The Morgan fingerprint density at radius 2 is 2.22 bits per heavy atom. The standard InChI is InChI=1S/C12H13FN4O/c1-2-7-5-10(11(18)6-9(7)13)17-12(8-3-4-8)14-15-16-17/h5-6,8,18H,2-4H2,1H3. The summed E-state index contributed by atoms with van der Waals surface area (Å²) in [5.74, 6) is 0.548. The van der Waals surface area contributed by atoms with Gasteiger partial charge >= 0.3 is 0 Å². The average Bonchev–Trinajstić information content (AvgIpc) is 3.08. The predicted molar refractivity (Wildman–Crippen MR) is 62.1 cm³/mol. The number of nitrogens with zero attached hydrogens (tertiary/aromatic N) is 4. The number of halogens is 1. The van der Waals surface area contributed by atoms with Crippen LogP contribution in [0.25, 0.3) is 5.69 Å². The van der Waals surface area contributed by atoms with Gasteiger partial charge in [-0.25, -0.2) is 4.39 Å². The summed E-state index contributed by atoms with van der Waals surface area (Å²) in [4.78, 5) is 0. The Morgan fingerprint density at radius 1 is 1.44 bits per heavy atom. The lowest BCUT2D eigenvalue weighted by atomic mass is 10.1. The average molecular weight is 248 g/mol. The highest BCUT2D eigenvalue weighted by Gasteiger charge is 2.30. The fraction of sp³-hybridized carbons (Fsp3) is 0.417. The fourth-order valence-corrected chi connectivity index (χ4v) is 2.00. The van der Waals surface area contributed by atoms with Crippen molar-refractivity contribution in [3.05, 3.63) is 29.3 Å². The van der Waals surface area contributed by atoms with Gasteiger partial charge in [-0.2, -0.15) is 4.68 Å². The molecule has 6 heteroatoms. The molecule has 0 saturated heterocycles. The van der Waals surface area contributed by atoms with E-state index in [0.717, 1.165) is 24.7 Å². The summed E-state index contributed by atoms with van der Waals surface area (Å²) >= 11 is 0. The van der Waals surface area contributed by atoms with E-state index in [9.17, 15) is 9.50 Å². The third-order valence-electron chi connectivity index (χ3n) is 3.19. The largest absolute Gasteiger partial charge is 0.506 e. The van der Waals surface area contributed by atoms with Crippen LogP contribution in [-0.2, 0) is 6.42 Å². The van der Waals surface area contributed by atoms with Crippen LogP contribution in [0.3, 0.4) is 0 Å². The molecule has 1 saturated carbocycles. The van der Waals surface area contributed by atoms with Crippen molar-refractivity contribution in [2.75, 3.05) is 0 Å². The normalized spacial score (nSPS) is 15.0. The Labute approximate surface area is 103 Å². The minimum atomic E-state index is -0.403. The van der Waals surface area contributed by atoms with Gasteiger partial charge in [0.25, 0.3) is 0 Å². The van der Waals surface area contributed by atoms with Crippen LogP contribution < -0.4 is 0 Å². The molecular weight excluding hydrogens is 235 g/mol. The summed E-state index contributed by atoms with van der Waals surface area (Å²) in [5, 5.41) is 21.3. The summed E-state index contributed by atoms with van der Waals surface area (Å²) in [6, 6.07) is 2.72. The number of hydrogen-bond acceptors (Lipinski definition) is 4. The number of aryl methyl sites for hydroxylation is 1.